The Labute approximate surface area is 122 Å². The first-order valence-electron chi connectivity index (χ1n) is 6.78. The second-order valence-electron chi connectivity index (χ2n) is 6.35. The van der Waals surface area contributed by atoms with Crippen molar-refractivity contribution in [2.45, 2.75) is 37.0 Å². The van der Waals surface area contributed by atoms with Gasteiger partial charge in [0.25, 0.3) is 0 Å². The minimum absolute atomic E-state index is 0.158. The van der Waals surface area contributed by atoms with E-state index in [0.717, 1.165) is 0 Å². The number of hydrogen-bond donors (Lipinski definition) is 0. The molecule has 0 aromatic rings. The third kappa shape index (κ3) is 1.28. The summed E-state index contributed by atoms with van der Waals surface area (Å²) in [5.74, 6) is -3.97. The van der Waals surface area contributed by atoms with Crippen LogP contribution in [0, 0.1) is 64.1 Å². The summed E-state index contributed by atoms with van der Waals surface area (Å²) < 4.78 is 0. The van der Waals surface area contributed by atoms with Crippen molar-refractivity contribution in [2.24, 2.45) is 23.7 Å². The molecule has 4 saturated carbocycles. The molecule has 0 amide bonds. The van der Waals surface area contributed by atoms with Crippen molar-refractivity contribution in [1.82, 2.24) is 0 Å². The first-order chi connectivity index (χ1) is 10.2. The van der Waals surface area contributed by atoms with E-state index in [4.69, 9.17) is 0 Å². The minimum Gasteiger partial charge on any atom is -0.258 e. The van der Waals surface area contributed by atoms with Crippen molar-refractivity contribution in [3.63, 3.8) is 0 Å². The van der Waals surface area contributed by atoms with E-state index in [-0.39, 0.29) is 31.6 Å². The molecule has 120 valence electrons. The van der Waals surface area contributed by atoms with E-state index >= 15 is 0 Å². The van der Waals surface area contributed by atoms with Crippen LogP contribution >= 0.6 is 0 Å². The van der Waals surface area contributed by atoms with Gasteiger partial charge >= 0.3 is 11.3 Å². The first-order valence-corrected chi connectivity index (χ1v) is 6.78. The van der Waals surface area contributed by atoms with Crippen LogP contribution in [0.15, 0.2) is 0 Å². The van der Waals surface area contributed by atoms with Crippen LogP contribution in [0.4, 0.5) is 0 Å². The quantitative estimate of drug-likeness (QED) is 0.410. The molecule has 0 aromatic carbocycles. The molecule has 0 N–H and O–H groups in total. The largest absolute Gasteiger partial charge is 0.478 e. The third-order valence-corrected chi connectivity index (χ3v) is 5.77. The van der Waals surface area contributed by atoms with Gasteiger partial charge in [-0.2, -0.15) is 0 Å². The van der Waals surface area contributed by atoms with Gasteiger partial charge in [-0.1, -0.05) is 0 Å². The average molecular weight is 316 g/mol. The number of nitrogens with zero attached hydrogens (tertiary/aromatic N) is 4. The van der Waals surface area contributed by atoms with Crippen LogP contribution < -0.4 is 0 Å². The summed E-state index contributed by atoms with van der Waals surface area (Å²) in [7, 11) is 0. The van der Waals surface area contributed by atoms with Crippen LogP contribution in [-0.4, -0.2) is 31.0 Å². The fourth-order valence-electron chi connectivity index (χ4n) is 5.12. The van der Waals surface area contributed by atoms with Crippen LogP contribution in [0.25, 0.3) is 0 Å². The predicted molar refractivity (Wildman–Crippen MR) is 65.9 cm³/mol. The third-order valence-electron chi connectivity index (χ3n) is 5.77. The van der Waals surface area contributed by atoms with Gasteiger partial charge in [-0.05, 0) is 31.6 Å². The maximum Gasteiger partial charge on any atom is 0.478 e. The van der Waals surface area contributed by atoms with Crippen molar-refractivity contribution >= 4 is 0 Å². The zero-order chi connectivity index (χ0) is 16.4. The molecule has 0 aromatic heterocycles. The Morgan fingerprint density at radius 1 is 0.636 bits per heavy atom. The zero-order valence-corrected chi connectivity index (χ0v) is 11.2. The summed E-state index contributed by atoms with van der Waals surface area (Å²) in [5.41, 5.74) is -5.68. The lowest BCUT2D eigenvalue weighted by Crippen LogP contribution is -2.78. The molecule has 4 fully saturated rings. The van der Waals surface area contributed by atoms with Crippen LogP contribution in [-0.2, 0) is 0 Å². The van der Waals surface area contributed by atoms with E-state index in [0.29, 0.717) is 0 Å². The Kier molecular flexibility index (Phi) is 2.69. The molecular formula is C10H12N4O8. The van der Waals surface area contributed by atoms with Crippen LogP contribution in [0.1, 0.15) is 25.7 Å². The normalized spacial score (nSPS) is 36.7. The molecule has 4 rings (SSSR count). The predicted octanol–water partition coefficient (Wildman–Crippen LogP) is 0.552. The van der Waals surface area contributed by atoms with E-state index in [1.54, 1.807) is 0 Å². The Balaban J connectivity index is 2.28. The molecule has 2 unspecified atom stereocenters. The van der Waals surface area contributed by atoms with Crippen LogP contribution in [0.2, 0.25) is 0 Å². The lowest BCUT2D eigenvalue weighted by Gasteiger charge is -2.52. The lowest BCUT2D eigenvalue weighted by atomic mass is 9.47. The number of rotatable bonds is 4. The standard InChI is InChI=1S/C10H12N4O8/c15-11(16)9(12(17)18)6-1-5-2-7(4-6)10(13(19)20,14(21)22)8(9)3-5/h5-8H,1-4H2. The molecule has 12 heteroatoms. The average Bonchev–Trinajstić information content (AvgIpc) is 2.36. The Morgan fingerprint density at radius 2 is 1.00 bits per heavy atom. The van der Waals surface area contributed by atoms with E-state index < -0.39 is 48.8 Å². The van der Waals surface area contributed by atoms with Crippen LogP contribution in [0.5, 0.6) is 0 Å². The topological polar surface area (TPSA) is 173 Å². The fraction of sp³-hybridized carbons (Fsp3) is 1.00. The van der Waals surface area contributed by atoms with Gasteiger partial charge in [-0.25, -0.2) is 0 Å². The van der Waals surface area contributed by atoms with Gasteiger partial charge in [0.1, 0.15) is 11.8 Å². The van der Waals surface area contributed by atoms with Gasteiger partial charge in [0, 0.05) is 0 Å². The highest BCUT2D eigenvalue weighted by Gasteiger charge is 2.91. The second-order valence-corrected chi connectivity index (χ2v) is 6.35. The summed E-state index contributed by atoms with van der Waals surface area (Å²) in [4.78, 5) is 41.5. The molecule has 0 spiro atoms. The summed E-state index contributed by atoms with van der Waals surface area (Å²) in [6.07, 6.45) is -0.00518. The molecule has 0 radical (unpaired) electrons. The fourth-order valence-corrected chi connectivity index (χ4v) is 5.12. The SMILES string of the molecule is O=[N+]([O-])C1([N+](=O)[O-])C2CC3CC(C2)C([N+](=O)[O-])([N+](=O)[O-])C1C3. The molecule has 0 heterocycles. The summed E-state index contributed by atoms with van der Waals surface area (Å²) in [6, 6.07) is 0. The lowest BCUT2D eigenvalue weighted by molar-refractivity contribution is -0.888. The van der Waals surface area contributed by atoms with E-state index in [9.17, 15) is 40.5 Å². The molecule has 0 saturated heterocycles. The van der Waals surface area contributed by atoms with E-state index in [1.165, 1.54) is 0 Å². The summed E-state index contributed by atoms with van der Waals surface area (Å²) in [6.45, 7) is 0. The highest BCUT2D eigenvalue weighted by atomic mass is 16.7. The van der Waals surface area contributed by atoms with Gasteiger partial charge < -0.3 is 0 Å². The number of hydrogen-bond acceptors (Lipinski definition) is 8. The van der Waals surface area contributed by atoms with Crippen molar-refractivity contribution in [3.05, 3.63) is 40.5 Å². The molecule has 12 nitrogen and oxygen atoms in total. The smallest absolute Gasteiger partial charge is 0.258 e. The number of nitro groups is 4. The Hall–Kier alpha value is -2.40. The first kappa shape index (κ1) is 14.5. The van der Waals surface area contributed by atoms with Crippen molar-refractivity contribution in [2.75, 3.05) is 0 Å². The summed E-state index contributed by atoms with van der Waals surface area (Å²) in [5, 5.41) is 46.0. The van der Waals surface area contributed by atoms with E-state index in [2.05, 4.69) is 0 Å². The van der Waals surface area contributed by atoms with Gasteiger partial charge in [0.15, 0.2) is 0 Å². The zero-order valence-electron chi connectivity index (χ0n) is 11.2. The molecule has 0 aliphatic heterocycles. The molecule has 4 aliphatic rings. The van der Waals surface area contributed by atoms with Crippen molar-refractivity contribution in [1.29, 1.82) is 0 Å². The monoisotopic (exact) mass is 316 g/mol. The highest BCUT2D eigenvalue weighted by molar-refractivity contribution is 5.10. The Morgan fingerprint density at radius 3 is 1.32 bits per heavy atom. The Bertz CT molecular complexity index is 530. The van der Waals surface area contributed by atoms with Crippen LogP contribution in [0.3, 0.4) is 0 Å². The minimum atomic E-state index is -2.84. The summed E-state index contributed by atoms with van der Waals surface area (Å²) >= 11 is 0. The van der Waals surface area contributed by atoms with Gasteiger partial charge in [-0.15, -0.1) is 0 Å². The van der Waals surface area contributed by atoms with Crippen molar-refractivity contribution in [3.8, 4) is 0 Å². The molecule has 22 heavy (non-hydrogen) atoms. The van der Waals surface area contributed by atoms with Crippen molar-refractivity contribution < 1.29 is 19.7 Å². The van der Waals surface area contributed by atoms with Gasteiger partial charge in [0.2, 0.25) is 5.92 Å². The maximum atomic E-state index is 11.5. The molecule has 4 aliphatic carbocycles. The van der Waals surface area contributed by atoms with Gasteiger partial charge in [0.05, 0.1) is 19.7 Å². The second kappa shape index (κ2) is 4.08. The molecule has 2 atom stereocenters. The molecule has 4 bridgehead atoms. The van der Waals surface area contributed by atoms with E-state index in [1.807, 2.05) is 0 Å². The van der Waals surface area contributed by atoms with Gasteiger partial charge in [-0.3, -0.25) is 40.5 Å². The maximum absolute atomic E-state index is 11.5. The molecular weight excluding hydrogens is 304 g/mol. The highest BCUT2D eigenvalue weighted by Crippen LogP contribution is 2.64.